The molecule has 1 saturated carbocycles. The van der Waals surface area contributed by atoms with E-state index in [1.54, 1.807) is 12.7 Å². The summed E-state index contributed by atoms with van der Waals surface area (Å²) in [5, 5.41) is 10.9. The number of imidazole rings is 1. The molecule has 1 aromatic carbocycles. The number of aryl methyl sites for hydroxylation is 3. The van der Waals surface area contributed by atoms with Gasteiger partial charge >= 0.3 is 0 Å². The number of rotatable bonds is 5. The van der Waals surface area contributed by atoms with Crippen LogP contribution < -0.4 is 5.32 Å². The number of nitrogens with zero attached hydrogens (tertiary/aromatic N) is 4. The zero-order valence-electron chi connectivity index (χ0n) is 15.9. The van der Waals surface area contributed by atoms with Crippen LogP contribution in [0.15, 0.2) is 24.8 Å². The lowest BCUT2D eigenvalue weighted by Gasteiger charge is -2.29. The minimum atomic E-state index is 0.108. The fourth-order valence-electron chi connectivity index (χ4n) is 3.93. The number of aromatic amines is 1. The average Bonchev–Trinajstić information content (AvgIpc) is 3.34. The molecule has 2 N–H and O–H groups in total. The fourth-order valence-corrected chi connectivity index (χ4v) is 3.93. The SMILES string of the molecule is Cc1ccc2[nH]c(CCC(=O)NC3CCC(n4cnnc4)CC3)nc2c1C. The summed E-state index contributed by atoms with van der Waals surface area (Å²) in [4.78, 5) is 20.4. The first kappa shape index (κ1) is 17.7. The van der Waals surface area contributed by atoms with E-state index in [-0.39, 0.29) is 11.9 Å². The molecule has 0 unspecified atom stereocenters. The summed E-state index contributed by atoms with van der Waals surface area (Å²) in [7, 11) is 0. The number of carbonyl (C=O) groups excluding carboxylic acids is 1. The van der Waals surface area contributed by atoms with Crippen LogP contribution in [0.2, 0.25) is 0 Å². The van der Waals surface area contributed by atoms with Crippen molar-refractivity contribution in [1.82, 2.24) is 30.0 Å². The van der Waals surface area contributed by atoms with E-state index in [9.17, 15) is 4.79 Å². The molecule has 0 bridgehead atoms. The molecule has 2 heterocycles. The summed E-state index contributed by atoms with van der Waals surface area (Å²) in [6.07, 6.45) is 8.74. The Bertz CT molecular complexity index is 922. The van der Waals surface area contributed by atoms with Gasteiger partial charge in [-0.3, -0.25) is 4.79 Å². The van der Waals surface area contributed by atoms with Crippen molar-refractivity contribution in [2.24, 2.45) is 0 Å². The highest BCUT2D eigenvalue weighted by Crippen LogP contribution is 2.28. The van der Waals surface area contributed by atoms with Gasteiger partial charge in [0.05, 0.1) is 11.0 Å². The molecule has 142 valence electrons. The van der Waals surface area contributed by atoms with Crippen molar-refractivity contribution < 1.29 is 4.79 Å². The maximum absolute atomic E-state index is 12.4. The van der Waals surface area contributed by atoms with Crippen molar-refractivity contribution in [2.75, 3.05) is 0 Å². The van der Waals surface area contributed by atoms with Crippen molar-refractivity contribution >= 4 is 16.9 Å². The number of H-pyrrole nitrogens is 1. The van der Waals surface area contributed by atoms with E-state index < -0.39 is 0 Å². The van der Waals surface area contributed by atoms with Gasteiger partial charge in [0, 0.05) is 24.9 Å². The topological polar surface area (TPSA) is 88.5 Å². The van der Waals surface area contributed by atoms with Crippen LogP contribution in [0, 0.1) is 13.8 Å². The molecule has 0 saturated heterocycles. The Balaban J connectivity index is 1.27. The van der Waals surface area contributed by atoms with Crippen molar-refractivity contribution in [3.63, 3.8) is 0 Å². The molecular formula is C20H26N6O. The molecule has 0 atom stereocenters. The second-order valence-electron chi connectivity index (χ2n) is 7.57. The third-order valence-corrected chi connectivity index (χ3v) is 5.74. The molecule has 1 aliphatic rings. The lowest BCUT2D eigenvalue weighted by molar-refractivity contribution is -0.122. The van der Waals surface area contributed by atoms with Gasteiger partial charge in [0.25, 0.3) is 0 Å². The standard InChI is InChI=1S/C20H26N6O/c1-13-3-8-17-20(14(13)2)25-18(24-17)9-10-19(27)23-15-4-6-16(7-5-15)26-11-21-22-12-26/h3,8,11-12,15-16H,4-7,9-10H2,1-2H3,(H,23,27)(H,24,25). The normalized spacial score (nSPS) is 20.1. The zero-order chi connectivity index (χ0) is 18.8. The van der Waals surface area contributed by atoms with E-state index in [1.807, 2.05) is 0 Å². The van der Waals surface area contributed by atoms with Crippen LogP contribution in [-0.4, -0.2) is 36.7 Å². The Morgan fingerprint density at radius 3 is 2.67 bits per heavy atom. The Morgan fingerprint density at radius 1 is 1.19 bits per heavy atom. The van der Waals surface area contributed by atoms with Crippen molar-refractivity contribution in [3.05, 3.63) is 41.7 Å². The molecular weight excluding hydrogens is 340 g/mol. The minimum Gasteiger partial charge on any atom is -0.353 e. The number of benzene rings is 1. The van der Waals surface area contributed by atoms with Gasteiger partial charge < -0.3 is 14.9 Å². The molecule has 1 amide bonds. The van der Waals surface area contributed by atoms with E-state index in [0.717, 1.165) is 42.5 Å². The first-order valence-electron chi connectivity index (χ1n) is 9.68. The van der Waals surface area contributed by atoms with Gasteiger partial charge in [0.15, 0.2) is 0 Å². The van der Waals surface area contributed by atoms with Gasteiger partial charge in [-0.1, -0.05) is 6.07 Å². The molecule has 7 heteroatoms. The second kappa shape index (κ2) is 7.50. The monoisotopic (exact) mass is 366 g/mol. The molecule has 4 rings (SSSR count). The van der Waals surface area contributed by atoms with Crippen LogP contribution in [0.25, 0.3) is 11.0 Å². The van der Waals surface area contributed by atoms with Crippen molar-refractivity contribution in [2.45, 2.75) is 64.5 Å². The minimum absolute atomic E-state index is 0.108. The summed E-state index contributed by atoms with van der Waals surface area (Å²) in [5.74, 6) is 0.987. The van der Waals surface area contributed by atoms with Gasteiger partial charge in [-0.2, -0.15) is 0 Å². The molecule has 0 aliphatic heterocycles. The van der Waals surface area contributed by atoms with Gasteiger partial charge in [-0.15, -0.1) is 10.2 Å². The van der Waals surface area contributed by atoms with E-state index in [1.165, 1.54) is 11.1 Å². The predicted octanol–water partition coefficient (Wildman–Crippen LogP) is 3.00. The number of hydrogen-bond acceptors (Lipinski definition) is 4. The van der Waals surface area contributed by atoms with Crippen LogP contribution in [0.3, 0.4) is 0 Å². The first-order valence-corrected chi connectivity index (χ1v) is 9.68. The molecule has 1 aliphatic carbocycles. The van der Waals surface area contributed by atoms with Gasteiger partial charge in [-0.25, -0.2) is 4.98 Å². The Morgan fingerprint density at radius 2 is 1.93 bits per heavy atom. The number of amides is 1. The van der Waals surface area contributed by atoms with Crippen LogP contribution in [0.5, 0.6) is 0 Å². The van der Waals surface area contributed by atoms with Crippen molar-refractivity contribution in [3.8, 4) is 0 Å². The van der Waals surface area contributed by atoms with E-state index >= 15 is 0 Å². The maximum atomic E-state index is 12.4. The number of hydrogen-bond donors (Lipinski definition) is 2. The maximum Gasteiger partial charge on any atom is 0.220 e. The van der Waals surface area contributed by atoms with E-state index in [4.69, 9.17) is 0 Å². The fraction of sp³-hybridized carbons (Fsp3) is 0.500. The summed E-state index contributed by atoms with van der Waals surface area (Å²) >= 11 is 0. The van der Waals surface area contributed by atoms with E-state index in [2.05, 4.69) is 56.0 Å². The third kappa shape index (κ3) is 3.86. The van der Waals surface area contributed by atoms with Crippen molar-refractivity contribution in [1.29, 1.82) is 0 Å². The average molecular weight is 366 g/mol. The van der Waals surface area contributed by atoms with Crippen LogP contribution in [0.4, 0.5) is 0 Å². The molecule has 27 heavy (non-hydrogen) atoms. The number of fused-ring (bicyclic) bond motifs is 1. The summed E-state index contributed by atoms with van der Waals surface area (Å²) < 4.78 is 2.07. The highest BCUT2D eigenvalue weighted by molar-refractivity contribution is 5.80. The van der Waals surface area contributed by atoms with Gasteiger partial charge in [0.1, 0.15) is 18.5 Å². The molecule has 2 aromatic heterocycles. The highest BCUT2D eigenvalue weighted by atomic mass is 16.1. The third-order valence-electron chi connectivity index (χ3n) is 5.74. The second-order valence-corrected chi connectivity index (χ2v) is 7.57. The van der Waals surface area contributed by atoms with Gasteiger partial charge in [0.2, 0.25) is 5.91 Å². The molecule has 3 aromatic rings. The van der Waals surface area contributed by atoms with Gasteiger partial charge in [-0.05, 0) is 56.7 Å². The molecule has 0 radical (unpaired) electrons. The molecule has 1 fully saturated rings. The molecule has 7 nitrogen and oxygen atoms in total. The number of nitrogens with one attached hydrogen (secondary N) is 2. The first-order chi connectivity index (χ1) is 13.1. The Labute approximate surface area is 158 Å². The quantitative estimate of drug-likeness (QED) is 0.726. The largest absolute Gasteiger partial charge is 0.353 e. The summed E-state index contributed by atoms with van der Waals surface area (Å²) in [5.41, 5.74) is 4.49. The Kier molecular flexibility index (Phi) is 4.92. The van der Waals surface area contributed by atoms with Crippen LogP contribution >= 0.6 is 0 Å². The zero-order valence-corrected chi connectivity index (χ0v) is 15.9. The van der Waals surface area contributed by atoms with E-state index in [0.29, 0.717) is 18.9 Å². The highest BCUT2D eigenvalue weighted by Gasteiger charge is 2.23. The Hall–Kier alpha value is -2.70. The lowest BCUT2D eigenvalue weighted by Crippen LogP contribution is -2.38. The van der Waals surface area contributed by atoms with Crippen LogP contribution in [0.1, 0.15) is 55.1 Å². The predicted molar refractivity (Wildman–Crippen MR) is 103 cm³/mol. The smallest absolute Gasteiger partial charge is 0.220 e. The summed E-state index contributed by atoms with van der Waals surface area (Å²) in [6.45, 7) is 4.18. The molecule has 0 spiro atoms. The number of carbonyl (C=O) groups is 1. The lowest BCUT2D eigenvalue weighted by atomic mass is 9.91. The number of aromatic nitrogens is 5. The van der Waals surface area contributed by atoms with Crippen LogP contribution in [-0.2, 0) is 11.2 Å². The summed E-state index contributed by atoms with van der Waals surface area (Å²) in [6, 6.07) is 4.88.